The van der Waals surface area contributed by atoms with E-state index in [2.05, 4.69) is 10.3 Å². The summed E-state index contributed by atoms with van der Waals surface area (Å²) < 4.78 is 1.50. The average Bonchev–Trinajstić information content (AvgIpc) is 3.09. The molecule has 0 unspecified atom stereocenters. The van der Waals surface area contributed by atoms with Gasteiger partial charge in [-0.25, -0.2) is 4.68 Å². The number of hydrogen-bond acceptors (Lipinski definition) is 5. The van der Waals surface area contributed by atoms with Gasteiger partial charge >= 0.3 is 0 Å². The number of rotatable bonds is 7. The third-order valence-corrected chi connectivity index (χ3v) is 3.94. The van der Waals surface area contributed by atoms with Crippen molar-refractivity contribution in [3.63, 3.8) is 0 Å². The second kappa shape index (κ2) is 8.05. The number of carbonyl (C=O) groups is 1. The van der Waals surface area contributed by atoms with Gasteiger partial charge in [-0.05, 0) is 11.6 Å². The summed E-state index contributed by atoms with van der Waals surface area (Å²) in [6.07, 6.45) is 3.59. The van der Waals surface area contributed by atoms with Gasteiger partial charge < -0.3 is 5.73 Å². The summed E-state index contributed by atoms with van der Waals surface area (Å²) in [5.74, 6) is -0.535. The van der Waals surface area contributed by atoms with E-state index in [4.69, 9.17) is 5.73 Å². The number of nitrogens with two attached hydrogens (primary N) is 1. The number of amides is 1. The first-order valence-corrected chi connectivity index (χ1v) is 8.19. The lowest BCUT2D eigenvalue weighted by molar-refractivity contribution is -0.385. The molecule has 1 amide bonds. The summed E-state index contributed by atoms with van der Waals surface area (Å²) in [5, 5.41) is 19.2. The second-order valence-corrected chi connectivity index (χ2v) is 5.91. The molecule has 0 radical (unpaired) electrons. The van der Waals surface area contributed by atoms with E-state index in [0.29, 0.717) is 16.8 Å². The van der Waals surface area contributed by atoms with Gasteiger partial charge in [-0.2, -0.15) is 0 Å². The van der Waals surface area contributed by atoms with Crippen molar-refractivity contribution in [2.24, 2.45) is 5.73 Å². The van der Waals surface area contributed by atoms with E-state index >= 15 is 0 Å². The molecule has 0 aliphatic carbocycles. The van der Waals surface area contributed by atoms with Crippen molar-refractivity contribution in [1.29, 1.82) is 0 Å². The molecule has 3 aromatic rings. The fourth-order valence-corrected chi connectivity index (χ4v) is 2.65. The molecule has 0 bridgehead atoms. The van der Waals surface area contributed by atoms with E-state index < -0.39 is 10.8 Å². The van der Waals surface area contributed by atoms with Gasteiger partial charge in [0, 0.05) is 24.3 Å². The van der Waals surface area contributed by atoms with E-state index in [1.54, 1.807) is 30.5 Å². The molecule has 0 aliphatic heterocycles. The molecule has 0 spiro atoms. The fraction of sp³-hybridized carbons (Fsp3) is 0.105. The molecule has 2 N–H and O–H groups in total. The standard InChI is InChI=1S/C19H17N5O3/c20-19(25)16(10-14-6-2-1-3-7-14)11-17-13-23(22-21-17)12-15-8-4-5-9-18(15)24(26)27/h1-10,13H,11-12H2,(H2,20,25). The molecule has 0 saturated carbocycles. The van der Waals surface area contributed by atoms with E-state index in [1.807, 2.05) is 30.3 Å². The van der Waals surface area contributed by atoms with Crippen LogP contribution in [0.15, 0.2) is 66.4 Å². The number of hydrogen-bond donors (Lipinski definition) is 1. The summed E-state index contributed by atoms with van der Waals surface area (Å²) in [6.45, 7) is 0.207. The molecular weight excluding hydrogens is 346 g/mol. The van der Waals surface area contributed by atoms with Gasteiger partial charge in [0.15, 0.2) is 0 Å². The molecule has 2 aromatic carbocycles. The number of carbonyl (C=O) groups excluding carboxylic acids is 1. The second-order valence-electron chi connectivity index (χ2n) is 5.91. The van der Waals surface area contributed by atoms with Crippen LogP contribution in [0.2, 0.25) is 0 Å². The van der Waals surface area contributed by atoms with Gasteiger partial charge in [-0.15, -0.1) is 5.10 Å². The van der Waals surface area contributed by atoms with Crippen molar-refractivity contribution in [1.82, 2.24) is 15.0 Å². The Morgan fingerprint density at radius 3 is 2.56 bits per heavy atom. The summed E-state index contributed by atoms with van der Waals surface area (Å²) in [7, 11) is 0. The minimum atomic E-state index is -0.535. The van der Waals surface area contributed by atoms with Crippen molar-refractivity contribution < 1.29 is 9.72 Å². The molecule has 0 fully saturated rings. The minimum Gasteiger partial charge on any atom is -0.366 e. The largest absolute Gasteiger partial charge is 0.366 e. The lowest BCUT2D eigenvalue weighted by Crippen LogP contribution is -2.15. The molecule has 0 aliphatic rings. The number of primary amides is 1. The van der Waals surface area contributed by atoms with Crippen molar-refractivity contribution in [3.05, 3.63) is 93.3 Å². The highest BCUT2D eigenvalue weighted by Gasteiger charge is 2.14. The number of benzene rings is 2. The maximum atomic E-state index is 11.7. The van der Waals surface area contributed by atoms with E-state index in [-0.39, 0.29) is 18.7 Å². The monoisotopic (exact) mass is 363 g/mol. The van der Waals surface area contributed by atoms with Gasteiger partial charge in [0.05, 0.1) is 22.7 Å². The van der Waals surface area contributed by atoms with Gasteiger partial charge in [0.1, 0.15) is 0 Å². The van der Waals surface area contributed by atoms with Crippen LogP contribution < -0.4 is 5.73 Å². The zero-order chi connectivity index (χ0) is 19.2. The summed E-state index contributed by atoms with van der Waals surface area (Å²) >= 11 is 0. The molecule has 8 nitrogen and oxygen atoms in total. The molecule has 0 atom stereocenters. The van der Waals surface area contributed by atoms with Crippen molar-refractivity contribution >= 4 is 17.7 Å². The predicted octanol–water partition coefficient (Wildman–Crippen LogP) is 2.35. The highest BCUT2D eigenvalue weighted by atomic mass is 16.6. The topological polar surface area (TPSA) is 117 Å². The van der Waals surface area contributed by atoms with Gasteiger partial charge in [0.25, 0.3) is 5.69 Å². The fourth-order valence-electron chi connectivity index (χ4n) is 2.65. The lowest BCUT2D eigenvalue weighted by Gasteiger charge is -2.02. The molecule has 3 rings (SSSR count). The van der Waals surface area contributed by atoms with E-state index in [9.17, 15) is 14.9 Å². The van der Waals surface area contributed by atoms with Crippen molar-refractivity contribution in [2.45, 2.75) is 13.0 Å². The average molecular weight is 363 g/mol. The third kappa shape index (κ3) is 4.63. The summed E-state index contributed by atoms with van der Waals surface area (Å²) in [6, 6.07) is 15.8. The molecule has 27 heavy (non-hydrogen) atoms. The summed E-state index contributed by atoms with van der Waals surface area (Å²) in [5.41, 5.74) is 7.84. The number of nitro groups is 1. The van der Waals surface area contributed by atoms with Crippen LogP contribution in [0.1, 0.15) is 16.8 Å². The van der Waals surface area contributed by atoms with Crippen LogP contribution in [-0.2, 0) is 17.8 Å². The van der Waals surface area contributed by atoms with Crippen LogP contribution in [-0.4, -0.2) is 25.8 Å². The van der Waals surface area contributed by atoms with Crippen LogP contribution in [0, 0.1) is 10.1 Å². The molecule has 1 heterocycles. The molecule has 0 saturated heterocycles. The number of para-hydroxylation sites is 1. The van der Waals surface area contributed by atoms with Gasteiger partial charge in [-0.3, -0.25) is 14.9 Å². The Kier molecular flexibility index (Phi) is 5.36. The predicted molar refractivity (Wildman–Crippen MR) is 99.5 cm³/mol. The maximum absolute atomic E-state index is 11.7. The van der Waals surface area contributed by atoms with Crippen LogP contribution in [0.4, 0.5) is 5.69 Å². The molecule has 136 valence electrons. The Morgan fingerprint density at radius 1 is 1.15 bits per heavy atom. The SMILES string of the molecule is NC(=O)C(=Cc1ccccc1)Cc1cn(Cc2ccccc2[N+](=O)[O-])nn1. The number of nitrogens with zero attached hydrogens (tertiary/aromatic N) is 4. The third-order valence-electron chi connectivity index (χ3n) is 3.94. The van der Waals surface area contributed by atoms with Crippen LogP contribution in [0.25, 0.3) is 6.08 Å². The van der Waals surface area contributed by atoms with Gasteiger partial charge in [-0.1, -0.05) is 53.7 Å². The van der Waals surface area contributed by atoms with Crippen LogP contribution in [0.5, 0.6) is 0 Å². The van der Waals surface area contributed by atoms with Crippen LogP contribution in [0.3, 0.4) is 0 Å². The first-order chi connectivity index (χ1) is 13.0. The molecule has 8 heteroatoms. The Morgan fingerprint density at radius 2 is 1.85 bits per heavy atom. The quantitative estimate of drug-likeness (QED) is 0.393. The highest BCUT2D eigenvalue weighted by molar-refractivity contribution is 5.96. The Hall–Kier alpha value is -3.81. The molecule has 1 aromatic heterocycles. The number of aromatic nitrogens is 3. The van der Waals surface area contributed by atoms with E-state index in [1.165, 1.54) is 10.7 Å². The Bertz CT molecular complexity index is 995. The highest BCUT2D eigenvalue weighted by Crippen LogP contribution is 2.19. The zero-order valence-corrected chi connectivity index (χ0v) is 14.4. The first kappa shape index (κ1) is 18.0. The van der Waals surface area contributed by atoms with E-state index in [0.717, 1.165) is 5.56 Å². The lowest BCUT2D eigenvalue weighted by atomic mass is 10.1. The smallest absolute Gasteiger partial charge is 0.274 e. The summed E-state index contributed by atoms with van der Waals surface area (Å²) in [4.78, 5) is 22.4. The van der Waals surface area contributed by atoms with Gasteiger partial charge in [0.2, 0.25) is 5.91 Å². The normalized spacial score (nSPS) is 11.3. The molecular formula is C19H17N5O3. The van der Waals surface area contributed by atoms with Crippen molar-refractivity contribution in [2.75, 3.05) is 0 Å². The zero-order valence-electron chi connectivity index (χ0n) is 14.4. The first-order valence-electron chi connectivity index (χ1n) is 8.19. The Labute approximate surface area is 155 Å². The van der Waals surface area contributed by atoms with Crippen LogP contribution >= 0.6 is 0 Å². The van der Waals surface area contributed by atoms with Crippen molar-refractivity contribution in [3.8, 4) is 0 Å². The number of nitro benzene ring substituents is 1. The Balaban J connectivity index is 1.78. The minimum absolute atomic E-state index is 0.0244. The maximum Gasteiger partial charge on any atom is 0.274 e.